The fraction of sp³-hybridized carbons (Fsp3) is 0.413. The van der Waals surface area contributed by atoms with Crippen molar-refractivity contribution in [2.75, 3.05) is 61.9 Å². The first-order valence-corrected chi connectivity index (χ1v) is 20.3. The van der Waals surface area contributed by atoms with E-state index in [4.69, 9.17) is 14.2 Å². The maximum Gasteiger partial charge on any atom is 0.311 e. The van der Waals surface area contributed by atoms with Gasteiger partial charge in [-0.15, -0.1) is 0 Å². The third-order valence-electron chi connectivity index (χ3n) is 10.7. The predicted molar refractivity (Wildman–Crippen MR) is 230 cm³/mol. The highest BCUT2D eigenvalue weighted by atomic mass is 16.5. The van der Waals surface area contributed by atoms with Gasteiger partial charge in [0, 0.05) is 90.2 Å². The van der Waals surface area contributed by atoms with Crippen molar-refractivity contribution < 1.29 is 28.6 Å². The van der Waals surface area contributed by atoms with Gasteiger partial charge in [-0.1, -0.05) is 18.2 Å². The molecule has 0 unspecified atom stereocenters. The lowest BCUT2D eigenvalue weighted by Crippen LogP contribution is -2.17. The third kappa shape index (κ3) is 11.1. The van der Waals surface area contributed by atoms with Crippen LogP contribution in [-0.4, -0.2) is 109 Å². The largest absolute Gasteiger partial charge is 0.426 e. The van der Waals surface area contributed by atoms with E-state index in [2.05, 4.69) is 29.7 Å². The van der Waals surface area contributed by atoms with Gasteiger partial charge in [0.15, 0.2) is 0 Å². The highest BCUT2D eigenvalue weighted by Crippen LogP contribution is 2.33. The molecule has 12 nitrogen and oxygen atoms in total. The molecular formula is C46H58N6O6. The van der Waals surface area contributed by atoms with Crippen molar-refractivity contribution in [1.29, 1.82) is 0 Å². The Morgan fingerprint density at radius 3 is 1.05 bits per heavy atom. The normalized spacial score (nSPS) is 11.9. The van der Waals surface area contributed by atoms with Crippen molar-refractivity contribution >= 4 is 50.6 Å². The van der Waals surface area contributed by atoms with E-state index in [1.165, 1.54) is 0 Å². The number of hydrogen-bond donors (Lipinski definition) is 3. The highest BCUT2D eigenvalue weighted by Gasteiger charge is 2.21. The van der Waals surface area contributed by atoms with Crippen molar-refractivity contribution in [3.05, 3.63) is 89.9 Å². The molecule has 6 aromatic rings. The van der Waals surface area contributed by atoms with Crippen LogP contribution in [0.4, 0.5) is 0 Å². The van der Waals surface area contributed by atoms with Gasteiger partial charge in [-0.2, -0.15) is 0 Å². The van der Waals surface area contributed by atoms with Crippen molar-refractivity contribution in [2.24, 2.45) is 5.92 Å². The number of aromatic amines is 3. The number of fused-ring (bicyclic) bond motifs is 3. The molecule has 12 heteroatoms. The Morgan fingerprint density at radius 1 is 0.483 bits per heavy atom. The molecule has 0 radical (unpaired) electrons. The Bertz CT molecular complexity index is 2060. The molecule has 0 spiro atoms. The number of aromatic nitrogens is 3. The maximum atomic E-state index is 13.4. The summed E-state index contributed by atoms with van der Waals surface area (Å²) >= 11 is 0. The molecule has 0 aliphatic heterocycles. The Balaban J connectivity index is 1.13. The smallest absolute Gasteiger partial charge is 0.311 e. The minimum Gasteiger partial charge on any atom is -0.426 e. The minimum absolute atomic E-state index is 0.123. The first-order chi connectivity index (χ1) is 27.9. The number of nitrogens with one attached hydrogen (secondary N) is 3. The van der Waals surface area contributed by atoms with Gasteiger partial charge in [-0.25, -0.2) is 0 Å². The standard InChI is InChI=1S/C46H58N6O6/c1-50(2)25-22-32-28-47-35-10-7-13-38(44(32)35)56-41(53)19-16-31(17-20-42(54)57-39-14-8-11-36-45(39)33(29-48-36)23-26-51(3)4)18-21-43(55)58-40-15-9-12-37-46(40)34(30-49-37)24-27-52(5)6/h7-15,28-31,47-49H,16-27H2,1-6H3. The van der Waals surface area contributed by atoms with Gasteiger partial charge in [0.25, 0.3) is 0 Å². The summed E-state index contributed by atoms with van der Waals surface area (Å²) in [5.41, 5.74) is 5.99. The molecule has 0 saturated carbocycles. The van der Waals surface area contributed by atoms with E-state index >= 15 is 0 Å². The fourth-order valence-electron chi connectivity index (χ4n) is 7.46. The topological polar surface area (TPSA) is 136 Å². The van der Waals surface area contributed by atoms with Crippen molar-refractivity contribution in [3.8, 4) is 17.2 Å². The lowest BCUT2D eigenvalue weighted by molar-refractivity contribution is -0.134. The molecular weight excluding hydrogens is 733 g/mol. The first kappa shape index (κ1) is 42.2. The molecule has 58 heavy (non-hydrogen) atoms. The number of ether oxygens (including phenoxy) is 3. The molecule has 3 N–H and O–H groups in total. The summed E-state index contributed by atoms with van der Waals surface area (Å²) in [6.07, 6.45) is 10.0. The van der Waals surface area contributed by atoms with Crippen LogP contribution in [0.3, 0.4) is 0 Å². The molecule has 3 aromatic carbocycles. The van der Waals surface area contributed by atoms with E-state index in [1.54, 1.807) is 0 Å². The summed E-state index contributed by atoms with van der Waals surface area (Å²) < 4.78 is 17.9. The maximum absolute atomic E-state index is 13.4. The summed E-state index contributed by atoms with van der Waals surface area (Å²) in [6.45, 7) is 2.58. The number of likely N-dealkylation sites (N-methyl/N-ethyl adjacent to an activating group) is 3. The molecule has 308 valence electrons. The molecule has 0 aliphatic carbocycles. The zero-order valence-corrected chi connectivity index (χ0v) is 34.8. The van der Waals surface area contributed by atoms with Gasteiger partial charge in [-0.05, 0) is 140 Å². The monoisotopic (exact) mass is 790 g/mol. The van der Waals surface area contributed by atoms with Crippen molar-refractivity contribution in [2.45, 2.75) is 57.8 Å². The molecule has 0 aliphatic rings. The van der Waals surface area contributed by atoms with E-state index in [9.17, 15) is 14.4 Å². The molecule has 3 aromatic heterocycles. The fourth-order valence-corrected chi connectivity index (χ4v) is 7.46. The molecule has 0 atom stereocenters. The number of esters is 3. The summed E-state index contributed by atoms with van der Waals surface area (Å²) in [5.74, 6) is 0.323. The number of rotatable bonds is 21. The SMILES string of the molecule is CN(C)CCc1c[nH]c2cccc(OC(=O)CCC(CCC(=O)Oc3cccc4[nH]cc(CCN(C)C)c34)CCC(=O)Oc3cccc4[nH]cc(CCN(C)C)c34)c12. The predicted octanol–water partition coefficient (Wildman–Crippen LogP) is 7.52. The van der Waals surface area contributed by atoms with Crippen LogP contribution in [0.25, 0.3) is 32.7 Å². The summed E-state index contributed by atoms with van der Waals surface area (Å²) in [6, 6.07) is 17.0. The number of H-pyrrole nitrogens is 3. The van der Waals surface area contributed by atoms with Crippen LogP contribution in [0, 0.1) is 5.92 Å². The highest BCUT2D eigenvalue weighted by molar-refractivity contribution is 5.93. The van der Waals surface area contributed by atoms with Gasteiger partial charge >= 0.3 is 17.9 Å². The van der Waals surface area contributed by atoms with E-state index in [-0.39, 0.29) is 43.1 Å². The Labute approximate surface area is 340 Å². The number of carbonyl (C=O) groups is 3. The zero-order valence-electron chi connectivity index (χ0n) is 34.8. The number of hydrogen-bond acceptors (Lipinski definition) is 9. The molecule has 0 amide bonds. The summed E-state index contributed by atoms with van der Waals surface area (Å²) in [7, 11) is 12.2. The quantitative estimate of drug-likeness (QED) is 0.0500. The second-order valence-electron chi connectivity index (χ2n) is 16.0. The van der Waals surface area contributed by atoms with E-state index in [0.29, 0.717) is 36.5 Å². The van der Waals surface area contributed by atoms with Crippen LogP contribution in [0.15, 0.2) is 73.2 Å². The molecule has 6 rings (SSSR count). The van der Waals surface area contributed by atoms with E-state index in [1.807, 2.05) is 115 Å². The number of nitrogens with zero attached hydrogens (tertiary/aromatic N) is 3. The van der Waals surface area contributed by atoms with Crippen LogP contribution in [0.2, 0.25) is 0 Å². The van der Waals surface area contributed by atoms with Crippen LogP contribution in [0.1, 0.15) is 55.2 Å². The molecule has 3 heterocycles. The number of benzene rings is 3. The first-order valence-electron chi connectivity index (χ1n) is 20.3. The zero-order chi connectivity index (χ0) is 41.2. The minimum atomic E-state index is -0.365. The van der Waals surface area contributed by atoms with Gasteiger partial charge in [0.2, 0.25) is 0 Å². The van der Waals surface area contributed by atoms with Gasteiger partial charge < -0.3 is 43.9 Å². The molecule has 0 fully saturated rings. The third-order valence-corrected chi connectivity index (χ3v) is 10.7. The Hall–Kier alpha value is -5.43. The van der Waals surface area contributed by atoms with Gasteiger partial charge in [0.05, 0.1) is 0 Å². The second-order valence-corrected chi connectivity index (χ2v) is 16.0. The van der Waals surface area contributed by atoms with Crippen LogP contribution in [0.5, 0.6) is 17.2 Å². The number of carbonyl (C=O) groups excluding carboxylic acids is 3. The van der Waals surface area contributed by atoms with Crippen molar-refractivity contribution in [1.82, 2.24) is 29.7 Å². The van der Waals surface area contributed by atoms with Crippen LogP contribution in [-0.2, 0) is 33.6 Å². The summed E-state index contributed by atoms with van der Waals surface area (Å²) in [5, 5.41) is 2.72. The Morgan fingerprint density at radius 2 is 0.776 bits per heavy atom. The van der Waals surface area contributed by atoms with Crippen molar-refractivity contribution in [3.63, 3.8) is 0 Å². The lowest BCUT2D eigenvalue weighted by atomic mass is 9.92. The average Bonchev–Trinajstić information content (AvgIpc) is 3.93. The average molecular weight is 791 g/mol. The van der Waals surface area contributed by atoms with Crippen LogP contribution < -0.4 is 14.2 Å². The Kier molecular flexibility index (Phi) is 14.4. The van der Waals surface area contributed by atoms with E-state index in [0.717, 1.165) is 88.3 Å². The second kappa shape index (κ2) is 19.8. The van der Waals surface area contributed by atoms with Gasteiger partial charge in [0.1, 0.15) is 17.2 Å². The molecule has 0 bridgehead atoms. The summed E-state index contributed by atoms with van der Waals surface area (Å²) in [4.78, 5) is 56.6. The lowest BCUT2D eigenvalue weighted by Gasteiger charge is -2.17. The van der Waals surface area contributed by atoms with E-state index < -0.39 is 0 Å². The van der Waals surface area contributed by atoms with Crippen LogP contribution >= 0.6 is 0 Å². The van der Waals surface area contributed by atoms with Gasteiger partial charge in [-0.3, -0.25) is 14.4 Å². The molecule has 0 saturated heterocycles.